The van der Waals surface area contributed by atoms with Crippen molar-refractivity contribution in [3.63, 3.8) is 0 Å². The molecule has 0 amide bonds. The fraction of sp³-hybridized carbons (Fsp3) is 0. The average Bonchev–Trinajstić information content (AvgIpc) is 2.47. The molecule has 0 radical (unpaired) electrons. The van der Waals surface area contributed by atoms with Gasteiger partial charge in [0.1, 0.15) is 6.07 Å². The van der Waals surface area contributed by atoms with Gasteiger partial charge in [0.2, 0.25) is 5.28 Å². The maximum absolute atomic E-state index is 8.58. The number of pyridine rings is 1. The van der Waals surface area contributed by atoms with Gasteiger partial charge in [-0.3, -0.25) is 4.40 Å². The molecule has 0 N–H and O–H groups in total. The van der Waals surface area contributed by atoms with Crippen molar-refractivity contribution < 1.29 is 0 Å². The van der Waals surface area contributed by atoms with Gasteiger partial charge in [0, 0.05) is 6.20 Å². The normalized spacial score (nSPS) is 10.0. The van der Waals surface area contributed by atoms with Gasteiger partial charge in [-0.15, -0.1) is 10.2 Å². The predicted molar refractivity (Wildman–Crippen MR) is 42.7 cm³/mol. The quantitative estimate of drug-likeness (QED) is 0.610. The molecule has 0 saturated carbocycles. The number of nitrogens with zero attached hydrogens (tertiary/aromatic N) is 4. The summed E-state index contributed by atoms with van der Waals surface area (Å²) >= 11 is 5.68. The third-order valence-electron chi connectivity index (χ3n) is 1.49. The van der Waals surface area contributed by atoms with Crippen LogP contribution >= 0.6 is 11.6 Å². The molecule has 0 aliphatic rings. The summed E-state index contributed by atoms with van der Waals surface area (Å²) < 4.78 is 1.56. The fourth-order valence-electron chi connectivity index (χ4n) is 0.929. The minimum atomic E-state index is 0.266. The third kappa shape index (κ3) is 0.917. The van der Waals surface area contributed by atoms with Crippen LogP contribution in [-0.2, 0) is 0 Å². The van der Waals surface area contributed by atoms with Crippen molar-refractivity contribution in [3.8, 4) is 6.07 Å². The molecular weight excluding hydrogens is 176 g/mol. The Hall–Kier alpha value is -1.60. The van der Waals surface area contributed by atoms with Crippen molar-refractivity contribution >= 4 is 17.2 Å². The summed E-state index contributed by atoms with van der Waals surface area (Å²) in [5.41, 5.74) is 1.17. The van der Waals surface area contributed by atoms with Gasteiger partial charge in [-0.1, -0.05) is 0 Å². The van der Waals surface area contributed by atoms with E-state index in [1.165, 1.54) is 0 Å². The number of nitriles is 1. The van der Waals surface area contributed by atoms with Crippen molar-refractivity contribution in [2.24, 2.45) is 0 Å². The van der Waals surface area contributed by atoms with E-state index in [1.807, 2.05) is 6.07 Å². The Labute approximate surface area is 73.0 Å². The Balaban J connectivity index is 2.82. The zero-order chi connectivity index (χ0) is 8.55. The zero-order valence-corrected chi connectivity index (χ0v) is 6.65. The molecule has 0 fully saturated rings. The highest BCUT2D eigenvalue weighted by atomic mass is 35.5. The Morgan fingerprint density at radius 3 is 3.00 bits per heavy atom. The molecule has 2 rings (SSSR count). The van der Waals surface area contributed by atoms with Crippen molar-refractivity contribution in [3.05, 3.63) is 29.2 Å². The third-order valence-corrected chi connectivity index (χ3v) is 1.75. The van der Waals surface area contributed by atoms with Gasteiger partial charge < -0.3 is 0 Å². The standard InChI is InChI=1S/C7H3ClN4/c8-7-11-10-6-2-1-5(3-9)4-12(6)7/h1-2,4H. The zero-order valence-electron chi connectivity index (χ0n) is 5.90. The second-order valence-electron chi connectivity index (χ2n) is 2.23. The van der Waals surface area contributed by atoms with Crippen LogP contribution in [0.1, 0.15) is 5.56 Å². The van der Waals surface area contributed by atoms with Gasteiger partial charge in [0.15, 0.2) is 5.65 Å². The van der Waals surface area contributed by atoms with Crippen LogP contribution in [0.3, 0.4) is 0 Å². The number of fused-ring (bicyclic) bond motifs is 1. The lowest BCUT2D eigenvalue weighted by Gasteiger charge is -1.91. The first-order valence-electron chi connectivity index (χ1n) is 3.21. The second-order valence-corrected chi connectivity index (χ2v) is 2.56. The van der Waals surface area contributed by atoms with Crippen molar-refractivity contribution in [1.82, 2.24) is 14.6 Å². The van der Waals surface area contributed by atoms with Crippen molar-refractivity contribution in [2.75, 3.05) is 0 Å². The largest absolute Gasteiger partial charge is 0.272 e. The highest BCUT2D eigenvalue weighted by Crippen LogP contribution is 2.09. The predicted octanol–water partition coefficient (Wildman–Crippen LogP) is 1.25. The van der Waals surface area contributed by atoms with Gasteiger partial charge >= 0.3 is 0 Å². The van der Waals surface area contributed by atoms with Crippen LogP contribution in [0.2, 0.25) is 5.28 Å². The van der Waals surface area contributed by atoms with E-state index in [0.29, 0.717) is 11.2 Å². The molecule has 2 aromatic rings. The summed E-state index contributed by atoms with van der Waals surface area (Å²) in [5.74, 6) is 0. The van der Waals surface area contributed by atoms with Crippen molar-refractivity contribution in [2.45, 2.75) is 0 Å². The highest BCUT2D eigenvalue weighted by Gasteiger charge is 2.01. The molecule has 2 aromatic heterocycles. The molecule has 0 aliphatic carbocycles. The summed E-state index contributed by atoms with van der Waals surface area (Å²) in [6.07, 6.45) is 1.59. The maximum atomic E-state index is 8.58. The summed E-state index contributed by atoms with van der Waals surface area (Å²) in [5, 5.41) is 16.2. The van der Waals surface area contributed by atoms with E-state index in [4.69, 9.17) is 16.9 Å². The molecule has 0 aliphatic heterocycles. The van der Waals surface area contributed by atoms with E-state index in [9.17, 15) is 0 Å². The topological polar surface area (TPSA) is 54.0 Å². The second kappa shape index (κ2) is 2.47. The molecule has 0 bridgehead atoms. The minimum Gasteiger partial charge on any atom is -0.272 e. The van der Waals surface area contributed by atoms with Gasteiger partial charge in [-0.25, -0.2) is 0 Å². The summed E-state index contributed by atoms with van der Waals surface area (Å²) in [4.78, 5) is 0. The molecule has 0 spiro atoms. The van der Waals surface area contributed by atoms with Crippen LogP contribution in [0.4, 0.5) is 0 Å². The van der Waals surface area contributed by atoms with Crippen LogP contribution < -0.4 is 0 Å². The van der Waals surface area contributed by atoms with Gasteiger partial charge in [-0.05, 0) is 23.7 Å². The van der Waals surface area contributed by atoms with Crippen LogP contribution in [0.25, 0.3) is 5.65 Å². The molecule has 12 heavy (non-hydrogen) atoms. The van der Waals surface area contributed by atoms with Gasteiger partial charge in [-0.2, -0.15) is 5.26 Å². The lowest BCUT2D eigenvalue weighted by molar-refractivity contribution is 1.10. The van der Waals surface area contributed by atoms with Crippen LogP contribution in [0.5, 0.6) is 0 Å². The van der Waals surface area contributed by atoms with Crippen LogP contribution in [0, 0.1) is 11.3 Å². The van der Waals surface area contributed by atoms with E-state index >= 15 is 0 Å². The van der Waals surface area contributed by atoms with E-state index in [-0.39, 0.29) is 5.28 Å². The number of aromatic nitrogens is 3. The maximum Gasteiger partial charge on any atom is 0.229 e. The number of halogens is 1. The smallest absolute Gasteiger partial charge is 0.229 e. The molecular formula is C7H3ClN4. The van der Waals surface area contributed by atoms with E-state index < -0.39 is 0 Å². The summed E-state index contributed by atoms with van der Waals surface area (Å²) in [6.45, 7) is 0. The van der Waals surface area contributed by atoms with Gasteiger partial charge in [0.25, 0.3) is 0 Å². The van der Waals surface area contributed by atoms with E-state index in [0.717, 1.165) is 0 Å². The molecule has 4 nitrogen and oxygen atoms in total. The fourth-order valence-corrected chi connectivity index (χ4v) is 1.10. The van der Waals surface area contributed by atoms with Crippen LogP contribution in [-0.4, -0.2) is 14.6 Å². The molecule has 58 valence electrons. The summed E-state index contributed by atoms with van der Waals surface area (Å²) in [7, 11) is 0. The van der Waals surface area contributed by atoms with Crippen molar-refractivity contribution in [1.29, 1.82) is 5.26 Å². The summed E-state index contributed by atoms with van der Waals surface area (Å²) in [6, 6.07) is 5.36. The Kier molecular flexibility index (Phi) is 1.45. The molecule has 5 heteroatoms. The van der Waals surface area contributed by atoms with Crippen LogP contribution in [0.15, 0.2) is 18.3 Å². The Bertz CT molecular complexity index is 468. The number of hydrogen-bond donors (Lipinski definition) is 0. The Morgan fingerprint density at radius 1 is 1.42 bits per heavy atom. The lowest BCUT2D eigenvalue weighted by atomic mass is 10.3. The molecule has 0 aromatic carbocycles. The molecule has 0 atom stereocenters. The lowest BCUT2D eigenvalue weighted by Crippen LogP contribution is -1.85. The first-order valence-corrected chi connectivity index (χ1v) is 3.59. The first-order chi connectivity index (χ1) is 5.81. The minimum absolute atomic E-state index is 0.266. The number of rotatable bonds is 0. The van der Waals surface area contributed by atoms with E-state index in [1.54, 1.807) is 22.7 Å². The molecule has 0 saturated heterocycles. The average molecular weight is 179 g/mol. The monoisotopic (exact) mass is 178 g/mol. The SMILES string of the molecule is N#Cc1ccc2nnc(Cl)n2c1. The molecule has 0 unspecified atom stereocenters. The van der Waals surface area contributed by atoms with Gasteiger partial charge in [0.05, 0.1) is 5.56 Å². The Morgan fingerprint density at radius 2 is 2.25 bits per heavy atom. The molecule has 2 heterocycles. The number of hydrogen-bond acceptors (Lipinski definition) is 3. The van der Waals surface area contributed by atoms with E-state index in [2.05, 4.69) is 10.2 Å². The first kappa shape index (κ1) is 7.07. The highest BCUT2D eigenvalue weighted by molar-refractivity contribution is 6.28.